The fourth-order valence-corrected chi connectivity index (χ4v) is 2.36. The molecule has 0 aliphatic heterocycles. The van der Waals surface area contributed by atoms with Crippen LogP contribution in [0.15, 0.2) is 41.0 Å². The maximum atomic E-state index is 13.8. The number of nitrogens with one attached hydrogen (secondary N) is 1. The molecule has 1 aromatic heterocycles. The molecule has 1 N–H and O–H groups in total. The van der Waals surface area contributed by atoms with Crippen LogP contribution in [0.4, 0.5) is 8.78 Å². The van der Waals surface area contributed by atoms with Gasteiger partial charge in [-0.2, -0.15) is 0 Å². The predicted octanol–water partition coefficient (Wildman–Crippen LogP) is 4.10. The van der Waals surface area contributed by atoms with Crippen LogP contribution in [0.2, 0.25) is 0 Å². The minimum Gasteiger partial charge on any atom is -0.469 e. The third-order valence-electron chi connectivity index (χ3n) is 3.48. The normalized spacial score (nSPS) is 12.5. The Labute approximate surface area is 124 Å². The van der Waals surface area contributed by atoms with Gasteiger partial charge in [-0.1, -0.05) is 6.92 Å². The highest BCUT2D eigenvalue weighted by Crippen LogP contribution is 2.15. The van der Waals surface area contributed by atoms with Crippen LogP contribution in [0.5, 0.6) is 0 Å². The number of rotatable bonds is 8. The van der Waals surface area contributed by atoms with Gasteiger partial charge in [-0.05, 0) is 61.7 Å². The van der Waals surface area contributed by atoms with E-state index in [-0.39, 0.29) is 11.9 Å². The number of benzene rings is 1. The molecule has 0 bridgehead atoms. The van der Waals surface area contributed by atoms with Gasteiger partial charge >= 0.3 is 0 Å². The van der Waals surface area contributed by atoms with Gasteiger partial charge in [0.15, 0.2) is 0 Å². The first-order valence-electron chi connectivity index (χ1n) is 7.38. The topological polar surface area (TPSA) is 25.2 Å². The van der Waals surface area contributed by atoms with E-state index < -0.39 is 5.82 Å². The maximum absolute atomic E-state index is 13.8. The van der Waals surface area contributed by atoms with Gasteiger partial charge in [0.1, 0.15) is 17.4 Å². The summed E-state index contributed by atoms with van der Waals surface area (Å²) in [7, 11) is 0. The SMILES string of the molecule is CCCNC(CCc1ccco1)Cc1cc(F)ccc1F. The van der Waals surface area contributed by atoms with E-state index in [0.29, 0.717) is 12.0 Å². The lowest BCUT2D eigenvalue weighted by Crippen LogP contribution is -2.32. The molecule has 1 aromatic carbocycles. The van der Waals surface area contributed by atoms with E-state index in [4.69, 9.17) is 4.42 Å². The summed E-state index contributed by atoms with van der Waals surface area (Å²) >= 11 is 0. The molecule has 1 heterocycles. The smallest absolute Gasteiger partial charge is 0.126 e. The average molecular weight is 293 g/mol. The monoisotopic (exact) mass is 293 g/mol. The van der Waals surface area contributed by atoms with Crippen molar-refractivity contribution in [1.82, 2.24) is 5.32 Å². The highest BCUT2D eigenvalue weighted by Gasteiger charge is 2.13. The van der Waals surface area contributed by atoms with Crippen LogP contribution in [-0.4, -0.2) is 12.6 Å². The first kappa shape index (κ1) is 15.7. The van der Waals surface area contributed by atoms with Crippen molar-refractivity contribution in [2.45, 2.75) is 38.6 Å². The van der Waals surface area contributed by atoms with Crippen LogP contribution < -0.4 is 5.32 Å². The third kappa shape index (κ3) is 4.97. The molecule has 2 rings (SSSR count). The summed E-state index contributed by atoms with van der Waals surface area (Å²) in [5.41, 5.74) is 0.419. The van der Waals surface area contributed by atoms with E-state index in [9.17, 15) is 8.78 Å². The van der Waals surface area contributed by atoms with Gasteiger partial charge < -0.3 is 9.73 Å². The number of halogens is 2. The molecule has 0 fully saturated rings. The molecule has 0 amide bonds. The van der Waals surface area contributed by atoms with Crippen LogP contribution in [0.1, 0.15) is 31.1 Å². The molecule has 0 radical (unpaired) electrons. The average Bonchev–Trinajstić information content (AvgIpc) is 2.99. The summed E-state index contributed by atoms with van der Waals surface area (Å²) in [5.74, 6) is 0.169. The standard InChI is InChI=1S/C17H21F2NO/c1-2-9-20-15(6-7-16-4-3-10-21-16)12-13-11-14(18)5-8-17(13)19/h3-5,8,10-11,15,20H,2,6-7,9,12H2,1H3. The summed E-state index contributed by atoms with van der Waals surface area (Å²) in [6, 6.07) is 7.51. The fraction of sp³-hybridized carbons (Fsp3) is 0.412. The minimum absolute atomic E-state index is 0.103. The zero-order valence-corrected chi connectivity index (χ0v) is 12.2. The van der Waals surface area contributed by atoms with E-state index in [2.05, 4.69) is 12.2 Å². The number of hydrogen-bond donors (Lipinski definition) is 1. The highest BCUT2D eigenvalue weighted by molar-refractivity contribution is 5.20. The molecule has 21 heavy (non-hydrogen) atoms. The molecule has 1 unspecified atom stereocenters. The molecule has 0 aliphatic carbocycles. The summed E-state index contributed by atoms with van der Waals surface area (Å²) < 4.78 is 32.3. The Hall–Kier alpha value is -1.68. The molecule has 114 valence electrons. The van der Waals surface area contributed by atoms with Crippen molar-refractivity contribution in [3.8, 4) is 0 Å². The van der Waals surface area contributed by atoms with Gasteiger partial charge in [-0.3, -0.25) is 0 Å². The summed E-state index contributed by atoms with van der Waals surface area (Å²) in [6.45, 7) is 2.94. The van der Waals surface area contributed by atoms with Crippen LogP contribution in [0.25, 0.3) is 0 Å². The summed E-state index contributed by atoms with van der Waals surface area (Å²) in [5, 5.41) is 3.40. The zero-order valence-electron chi connectivity index (χ0n) is 12.2. The zero-order chi connectivity index (χ0) is 15.1. The molecular formula is C17H21F2NO. The second-order valence-electron chi connectivity index (χ2n) is 5.21. The van der Waals surface area contributed by atoms with Crippen molar-refractivity contribution in [2.75, 3.05) is 6.54 Å². The fourth-order valence-electron chi connectivity index (χ4n) is 2.36. The van der Waals surface area contributed by atoms with Gasteiger partial charge in [-0.25, -0.2) is 8.78 Å². The molecular weight excluding hydrogens is 272 g/mol. The predicted molar refractivity (Wildman–Crippen MR) is 79.2 cm³/mol. The number of furan rings is 1. The van der Waals surface area contributed by atoms with Gasteiger partial charge in [0.25, 0.3) is 0 Å². The van der Waals surface area contributed by atoms with Gasteiger partial charge in [-0.15, -0.1) is 0 Å². The molecule has 0 aliphatic rings. The lowest BCUT2D eigenvalue weighted by Gasteiger charge is -2.18. The molecule has 0 saturated heterocycles. The summed E-state index contributed by atoms with van der Waals surface area (Å²) in [4.78, 5) is 0. The van der Waals surface area contributed by atoms with Crippen molar-refractivity contribution in [3.63, 3.8) is 0 Å². The van der Waals surface area contributed by atoms with Gasteiger partial charge in [0.2, 0.25) is 0 Å². The second kappa shape index (κ2) is 7.93. The molecule has 0 spiro atoms. The van der Waals surface area contributed by atoms with E-state index >= 15 is 0 Å². The lowest BCUT2D eigenvalue weighted by atomic mass is 10.0. The van der Waals surface area contributed by atoms with Crippen molar-refractivity contribution in [3.05, 3.63) is 59.6 Å². The second-order valence-corrected chi connectivity index (χ2v) is 5.21. The largest absolute Gasteiger partial charge is 0.469 e. The molecule has 2 nitrogen and oxygen atoms in total. The number of aryl methyl sites for hydroxylation is 1. The third-order valence-corrected chi connectivity index (χ3v) is 3.48. The van der Waals surface area contributed by atoms with Crippen molar-refractivity contribution >= 4 is 0 Å². The Morgan fingerprint density at radius 2 is 2.10 bits per heavy atom. The van der Waals surface area contributed by atoms with Crippen LogP contribution >= 0.6 is 0 Å². The molecule has 1 atom stereocenters. The Kier molecular flexibility index (Phi) is 5.93. The first-order chi connectivity index (χ1) is 10.2. The van der Waals surface area contributed by atoms with Crippen LogP contribution in [-0.2, 0) is 12.8 Å². The van der Waals surface area contributed by atoms with Crippen molar-refractivity contribution in [1.29, 1.82) is 0 Å². The maximum Gasteiger partial charge on any atom is 0.126 e. The summed E-state index contributed by atoms with van der Waals surface area (Å²) in [6.07, 6.45) is 4.73. The Morgan fingerprint density at radius 1 is 1.24 bits per heavy atom. The van der Waals surface area contributed by atoms with Gasteiger partial charge in [0.05, 0.1) is 6.26 Å². The highest BCUT2D eigenvalue weighted by atomic mass is 19.1. The van der Waals surface area contributed by atoms with Crippen LogP contribution in [0, 0.1) is 11.6 Å². The molecule has 4 heteroatoms. The van der Waals surface area contributed by atoms with Gasteiger partial charge in [0, 0.05) is 12.5 Å². The Morgan fingerprint density at radius 3 is 2.81 bits per heavy atom. The quantitative estimate of drug-likeness (QED) is 0.792. The Bertz CT molecular complexity index is 540. The van der Waals surface area contributed by atoms with Crippen molar-refractivity contribution in [2.24, 2.45) is 0 Å². The van der Waals surface area contributed by atoms with Crippen molar-refractivity contribution < 1.29 is 13.2 Å². The van der Waals surface area contributed by atoms with E-state index in [1.807, 2.05) is 12.1 Å². The van der Waals surface area contributed by atoms with E-state index in [1.54, 1.807) is 6.26 Å². The lowest BCUT2D eigenvalue weighted by molar-refractivity contribution is 0.436. The Balaban J connectivity index is 1.99. The van der Waals surface area contributed by atoms with Crippen LogP contribution in [0.3, 0.4) is 0 Å². The van der Waals surface area contributed by atoms with E-state index in [1.165, 1.54) is 12.1 Å². The minimum atomic E-state index is -0.397. The first-order valence-corrected chi connectivity index (χ1v) is 7.38. The van der Waals surface area contributed by atoms with E-state index in [0.717, 1.165) is 37.6 Å². The molecule has 0 saturated carbocycles. The molecule has 2 aromatic rings. The number of hydrogen-bond acceptors (Lipinski definition) is 2.